The molecule has 0 saturated carbocycles. The van der Waals surface area contributed by atoms with Crippen molar-refractivity contribution >= 4 is 52.5 Å². The normalized spacial score (nSPS) is 42.9. The largest absolute Gasteiger partial charge is 0.459 e. The first-order valence-corrected chi connectivity index (χ1v) is 33.7. The van der Waals surface area contributed by atoms with Crippen molar-refractivity contribution in [2.75, 3.05) is 54.6 Å². The molecule has 6 fully saturated rings. The van der Waals surface area contributed by atoms with E-state index in [4.69, 9.17) is 52.1 Å². The molecule has 31 heteroatoms. The van der Waals surface area contributed by atoms with Crippen molar-refractivity contribution in [2.24, 2.45) is 57.5 Å². The van der Waals surface area contributed by atoms with E-state index in [0.29, 0.717) is 12.8 Å². The third-order valence-corrected chi connectivity index (χ3v) is 20.3. The molecule has 0 aromatic heterocycles. The number of esters is 3. The molecule has 6 aliphatic heterocycles. The first kappa shape index (κ1) is 82.4. The second-order valence-electron chi connectivity index (χ2n) is 28.9. The lowest BCUT2D eigenvalue weighted by Crippen LogP contribution is -2.60. The zero-order chi connectivity index (χ0) is 73.5. The monoisotopic (exact) mass is 1390 g/mol. The number of ether oxygens (including phenoxy) is 11. The van der Waals surface area contributed by atoms with Crippen LogP contribution >= 0.6 is 0 Å². The van der Waals surface area contributed by atoms with Gasteiger partial charge in [0.25, 0.3) is 0 Å². The average molecular weight is 1390 g/mol. The predicted octanol–water partition coefficient (Wildman–Crippen LogP) is 3.88. The fraction of sp³-hybridized carbons (Fsp3) is 0.864. The summed E-state index contributed by atoms with van der Waals surface area (Å²) < 4.78 is 67.6. The Bertz CT molecular complexity index is 2870. The molecule has 0 aromatic carbocycles. The molecule has 26 atom stereocenters. The van der Waals surface area contributed by atoms with Gasteiger partial charge in [-0.05, 0) is 122 Å². The number of hydrogen-bond donors (Lipinski definition) is 5. The summed E-state index contributed by atoms with van der Waals surface area (Å²) in [4.78, 5) is 122. The number of rotatable bonds is 11. The third-order valence-electron chi connectivity index (χ3n) is 20.3. The van der Waals surface area contributed by atoms with E-state index in [-0.39, 0.29) is 61.4 Å². The molecule has 6 aliphatic rings. The third kappa shape index (κ3) is 19.6. The number of nitrogens with zero attached hydrogens (tertiary/aromatic N) is 6. The first-order chi connectivity index (χ1) is 44.9. The van der Waals surface area contributed by atoms with Crippen LogP contribution < -0.4 is 0 Å². The topological polar surface area (TPSA) is 394 Å². The molecule has 97 heavy (non-hydrogen) atoms. The molecule has 0 radical (unpaired) electrons. The number of aliphatic hydroxyl groups excluding tert-OH is 1. The SMILES string of the molecule is CC[C@H]1OC(=O)[C@H](C)C(=O)[C@H](C)[C@@H](O[C@@H]2O[C@H](C)C[C@H](N(C)C)[C@H]2O)[C@@]2(C)C[C@@H](C)/C(=N\[N+](=O)O)[C@H](C)[C@@H](OCC(=O)CO2)[C@]1(C)O.CC[C@H]1OC(=O)[C@H](C)C(=O)[C@H](C)[C@@H](O[C@@H]2O[C@H](C)C[C@H](N(C)C)[C@H]2OC(C)=O)[C@@]2(C)C[C@@H](C)/C(=N\[N+](=O)O)[C@H](C)[C@@H](OCC(=O)CO2)[C@]1(C)O. The first-order valence-electron chi connectivity index (χ1n) is 33.7. The number of carbonyl (C=O) groups is 7. The number of likely N-dealkylation sites (N-methyl/N-ethyl adjacent to an activating group) is 2. The van der Waals surface area contributed by atoms with Crippen LogP contribution in [0.3, 0.4) is 0 Å². The van der Waals surface area contributed by atoms with E-state index in [1.165, 1.54) is 34.6 Å². The van der Waals surface area contributed by atoms with Crippen LogP contribution in [-0.4, -0.2) is 261 Å². The lowest BCUT2D eigenvalue weighted by atomic mass is 9.73. The minimum atomic E-state index is -1.96. The Morgan fingerprint density at radius 3 is 1.29 bits per heavy atom. The lowest BCUT2D eigenvalue weighted by Gasteiger charge is -2.48. The minimum Gasteiger partial charge on any atom is -0.459 e. The molecular weight excluding hydrogens is 1280 g/mol. The fourth-order valence-electron chi connectivity index (χ4n) is 15.2. The van der Waals surface area contributed by atoms with Gasteiger partial charge >= 0.3 is 28.0 Å². The number of Topliss-reactive ketones (excluding diaryl/α,β-unsaturated/α-hetero) is 4. The summed E-state index contributed by atoms with van der Waals surface area (Å²) in [7, 11) is 7.31. The van der Waals surface area contributed by atoms with Gasteiger partial charge in [-0.3, -0.25) is 33.6 Å². The summed E-state index contributed by atoms with van der Waals surface area (Å²) in [6.45, 7) is 24.9. The van der Waals surface area contributed by atoms with E-state index in [0.717, 1.165) is 0 Å². The zero-order valence-electron chi connectivity index (χ0n) is 60.4. The lowest BCUT2D eigenvalue weighted by molar-refractivity contribution is -0.796. The van der Waals surface area contributed by atoms with Crippen LogP contribution in [0.15, 0.2) is 10.2 Å². The van der Waals surface area contributed by atoms with Gasteiger partial charge in [-0.25, -0.2) is 10.4 Å². The molecule has 0 aliphatic carbocycles. The van der Waals surface area contributed by atoms with E-state index in [2.05, 4.69) is 10.2 Å². The van der Waals surface area contributed by atoms with Gasteiger partial charge in [0.1, 0.15) is 89.0 Å². The Labute approximate surface area is 568 Å². The van der Waals surface area contributed by atoms with Crippen molar-refractivity contribution in [3.05, 3.63) is 9.81 Å². The second-order valence-corrected chi connectivity index (χ2v) is 28.9. The molecule has 4 bridgehead atoms. The molecule has 5 N–H and O–H groups in total. The Morgan fingerprint density at radius 2 is 0.938 bits per heavy atom. The summed E-state index contributed by atoms with van der Waals surface area (Å²) >= 11 is 0. The summed E-state index contributed by atoms with van der Waals surface area (Å²) in [5, 5.41) is 61.3. The minimum absolute atomic E-state index is 0.0139. The maximum Gasteiger partial charge on any atom is 0.387 e. The Morgan fingerprint density at radius 1 is 0.577 bits per heavy atom. The number of hydrogen-bond acceptors (Lipinski definition) is 25. The van der Waals surface area contributed by atoms with E-state index < -0.39 is 209 Å². The molecule has 6 saturated heterocycles. The average Bonchev–Trinajstić information content (AvgIpc) is 1.15. The maximum absolute atomic E-state index is 14.2. The summed E-state index contributed by atoms with van der Waals surface area (Å²) in [6, 6.07) is -0.683. The van der Waals surface area contributed by atoms with Crippen LogP contribution in [0.1, 0.15) is 156 Å². The van der Waals surface area contributed by atoms with E-state index in [9.17, 15) is 69.1 Å². The van der Waals surface area contributed by atoms with Gasteiger partial charge in [-0.15, -0.1) is 0 Å². The molecule has 0 aromatic rings. The maximum atomic E-state index is 14.2. The number of ketones is 4. The van der Waals surface area contributed by atoms with Gasteiger partial charge in [0, 0.05) is 48.5 Å². The van der Waals surface area contributed by atoms with Crippen LogP contribution in [0.2, 0.25) is 0 Å². The summed E-state index contributed by atoms with van der Waals surface area (Å²) in [5.41, 5.74) is -6.78. The molecule has 0 amide bonds. The van der Waals surface area contributed by atoms with Crippen molar-refractivity contribution in [1.82, 2.24) is 9.80 Å². The van der Waals surface area contributed by atoms with Crippen molar-refractivity contribution < 1.29 is 121 Å². The Hall–Kier alpha value is -5.29. The van der Waals surface area contributed by atoms with Crippen LogP contribution in [0.5, 0.6) is 0 Å². The second kappa shape index (κ2) is 33.9. The fourth-order valence-corrected chi connectivity index (χ4v) is 15.2. The summed E-state index contributed by atoms with van der Waals surface area (Å²) in [5.74, 6) is -12.6. The Balaban J connectivity index is 0.000000351. The highest BCUT2D eigenvalue weighted by molar-refractivity contribution is 6.01. The van der Waals surface area contributed by atoms with Gasteiger partial charge in [0.05, 0.1) is 64.1 Å². The highest BCUT2D eigenvalue weighted by Gasteiger charge is 2.57. The van der Waals surface area contributed by atoms with Crippen molar-refractivity contribution in [3.8, 4) is 0 Å². The summed E-state index contributed by atoms with van der Waals surface area (Å²) in [6.07, 6.45) is -11.4. The van der Waals surface area contributed by atoms with Gasteiger partial charge in [-0.2, -0.15) is 0 Å². The van der Waals surface area contributed by atoms with Gasteiger partial charge in [-0.1, -0.05) is 55.4 Å². The van der Waals surface area contributed by atoms with Gasteiger partial charge in [0.2, 0.25) is 0 Å². The van der Waals surface area contributed by atoms with Crippen LogP contribution in [0.4, 0.5) is 0 Å². The van der Waals surface area contributed by atoms with Crippen molar-refractivity contribution in [3.63, 3.8) is 0 Å². The molecule has 31 nitrogen and oxygen atoms in total. The molecule has 552 valence electrons. The molecule has 0 spiro atoms. The van der Waals surface area contributed by atoms with Crippen LogP contribution in [0, 0.1) is 57.2 Å². The number of aliphatic hydroxyl groups is 3. The van der Waals surface area contributed by atoms with E-state index in [1.807, 2.05) is 51.8 Å². The number of hydrazone groups is 2. The number of carbonyl (C=O) groups excluding carboxylic acids is 7. The van der Waals surface area contributed by atoms with Gasteiger partial charge in [0.15, 0.2) is 41.8 Å². The number of cyclic esters (lactones) is 2. The van der Waals surface area contributed by atoms with Gasteiger partial charge < -0.3 is 77.2 Å². The smallest absolute Gasteiger partial charge is 0.387 e. The molecule has 6 rings (SSSR count). The molecule has 6 heterocycles. The highest BCUT2D eigenvalue weighted by atomic mass is 16.7. The Kier molecular flexibility index (Phi) is 28.8. The van der Waals surface area contributed by atoms with Crippen LogP contribution in [-0.2, 0) is 85.7 Å². The quantitative estimate of drug-likeness (QED) is 0.0848. The van der Waals surface area contributed by atoms with E-state index >= 15 is 0 Å². The standard InChI is InChI=1S/C34H56N3O13.C32H54N3O12/c1-12-25-34(9,42)30-19(4)26(35-37(43)44)17(2)14-33(8,46-16-23(39)15-45-30)29(20(5)27(40)21(6)31(41)49-25)50-32-28(48-22(7)38)24(36(10)11)13-18(3)47-32;1-11-23-32(8,40)28-18(4)24(33-35(41)42)16(2)13-31(7,44-15-21(36)14-43-28)27(19(5)25(37)20(6)29(39)46-23)47-30-26(38)22(34(9)10)12-17(3)45-30/h17-21,24-25,28-30,32,42H,12-16H2,1-11H3,(H,43,44);16-20,22-23,26-28,30,38,40H,11-15H2,1-10H3,(H,41,42)/q2*+1/b35-26+;33-24+/t17-,18-,19+,20+,21-,24+,25-,28-,29-,30-,32+,33-,34-;16-,17-,18+,19+,20-,22+,23-,26-,27-,28-,30+,31-,32-/m11/s1. The number of fused-ring (bicyclic) bond motifs is 10. The highest BCUT2D eigenvalue weighted by Crippen LogP contribution is 2.43. The predicted molar refractivity (Wildman–Crippen MR) is 342 cm³/mol. The molecule has 0 unspecified atom stereocenters. The zero-order valence-corrected chi connectivity index (χ0v) is 60.4. The van der Waals surface area contributed by atoms with Crippen molar-refractivity contribution in [2.45, 2.75) is 264 Å². The molecular formula is C66H110N6O25+2. The van der Waals surface area contributed by atoms with E-state index in [1.54, 1.807) is 69.2 Å². The van der Waals surface area contributed by atoms with Crippen LogP contribution in [0.25, 0.3) is 0 Å². The van der Waals surface area contributed by atoms with Crippen molar-refractivity contribution in [1.29, 1.82) is 0 Å².